The molecule has 1 saturated carbocycles. The molecular weight excluding hydrogens is 226 g/mol. The molecule has 0 aromatic heterocycles. The number of nitrogens with one attached hydrogen (secondary N) is 1. The Morgan fingerprint density at radius 2 is 2.11 bits per heavy atom. The molecule has 0 heterocycles. The molecule has 1 aliphatic carbocycles. The first-order chi connectivity index (χ1) is 8.83. The molecule has 0 aliphatic heterocycles. The molecule has 1 aliphatic rings. The first-order valence-electron chi connectivity index (χ1n) is 6.80. The molecule has 3 heteroatoms. The van der Waals surface area contributed by atoms with E-state index in [2.05, 4.69) is 17.4 Å². The summed E-state index contributed by atoms with van der Waals surface area (Å²) in [7, 11) is 1.80. The molecule has 0 amide bonds. The SMILES string of the molecule is CCOc1ccccc1CNC1CCC(OC)C1. The van der Waals surface area contributed by atoms with Gasteiger partial charge in [0.25, 0.3) is 0 Å². The van der Waals surface area contributed by atoms with Crippen molar-refractivity contribution in [2.24, 2.45) is 0 Å². The first kappa shape index (κ1) is 13.4. The minimum atomic E-state index is 0.435. The van der Waals surface area contributed by atoms with Gasteiger partial charge in [-0.3, -0.25) is 0 Å². The quantitative estimate of drug-likeness (QED) is 0.841. The van der Waals surface area contributed by atoms with Crippen molar-refractivity contribution < 1.29 is 9.47 Å². The summed E-state index contributed by atoms with van der Waals surface area (Å²) in [5.74, 6) is 0.994. The number of benzene rings is 1. The molecule has 1 aromatic rings. The average Bonchev–Trinajstić information content (AvgIpc) is 2.86. The van der Waals surface area contributed by atoms with Crippen LogP contribution in [-0.4, -0.2) is 25.9 Å². The van der Waals surface area contributed by atoms with Gasteiger partial charge >= 0.3 is 0 Å². The van der Waals surface area contributed by atoms with Crippen LogP contribution in [0.25, 0.3) is 0 Å². The van der Waals surface area contributed by atoms with Crippen LogP contribution in [-0.2, 0) is 11.3 Å². The highest BCUT2D eigenvalue weighted by Gasteiger charge is 2.23. The van der Waals surface area contributed by atoms with Gasteiger partial charge < -0.3 is 14.8 Å². The second-order valence-electron chi connectivity index (χ2n) is 4.79. The molecule has 1 aromatic carbocycles. The summed E-state index contributed by atoms with van der Waals surface area (Å²) in [4.78, 5) is 0. The maximum atomic E-state index is 5.63. The molecule has 0 radical (unpaired) electrons. The molecule has 1 fully saturated rings. The van der Waals surface area contributed by atoms with E-state index in [1.807, 2.05) is 19.1 Å². The van der Waals surface area contributed by atoms with Crippen LogP contribution in [0.5, 0.6) is 5.75 Å². The first-order valence-corrected chi connectivity index (χ1v) is 6.80. The van der Waals surface area contributed by atoms with E-state index in [4.69, 9.17) is 9.47 Å². The maximum Gasteiger partial charge on any atom is 0.123 e. The Hall–Kier alpha value is -1.06. The topological polar surface area (TPSA) is 30.5 Å². The van der Waals surface area contributed by atoms with Crippen LogP contribution < -0.4 is 10.1 Å². The van der Waals surface area contributed by atoms with Crippen molar-refractivity contribution in [3.05, 3.63) is 29.8 Å². The fourth-order valence-corrected chi connectivity index (χ4v) is 2.54. The van der Waals surface area contributed by atoms with Gasteiger partial charge in [0.2, 0.25) is 0 Å². The van der Waals surface area contributed by atoms with Crippen molar-refractivity contribution in [2.75, 3.05) is 13.7 Å². The summed E-state index contributed by atoms with van der Waals surface area (Å²) < 4.78 is 11.0. The fraction of sp³-hybridized carbons (Fsp3) is 0.600. The number of hydrogen-bond acceptors (Lipinski definition) is 3. The molecule has 18 heavy (non-hydrogen) atoms. The molecule has 2 rings (SSSR count). The zero-order valence-electron chi connectivity index (χ0n) is 11.3. The highest BCUT2D eigenvalue weighted by molar-refractivity contribution is 5.33. The Bertz CT molecular complexity index is 367. The molecule has 2 atom stereocenters. The Morgan fingerprint density at radius 3 is 2.83 bits per heavy atom. The predicted octanol–water partition coefficient (Wildman–Crippen LogP) is 2.74. The number of rotatable bonds is 6. The van der Waals surface area contributed by atoms with Gasteiger partial charge in [-0.15, -0.1) is 0 Å². The van der Waals surface area contributed by atoms with E-state index in [1.54, 1.807) is 7.11 Å². The summed E-state index contributed by atoms with van der Waals surface area (Å²) in [6, 6.07) is 8.81. The van der Waals surface area contributed by atoms with Crippen LogP contribution in [0, 0.1) is 0 Å². The molecular formula is C15H23NO2. The molecule has 2 unspecified atom stereocenters. The Balaban J connectivity index is 1.86. The molecule has 3 nitrogen and oxygen atoms in total. The molecule has 1 N–H and O–H groups in total. The molecule has 0 saturated heterocycles. The third-order valence-corrected chi connectivity index (χ3v) is 3.57. The third kappa shape index (κ3) is 3.47. The Morgan fingerprint density at radius 1 is 1.28 bits per heavy atom. The van der Waals surface area contributed by atoms with Crippen LogP contribution >= 0.6 is 0 Å². The second-order valence-corrected chi connectivity index (χ2v) is 4.79. The van der Waals surface area contributed by atoms with Crippen molar-refractivity contribution >= 4 is 0 Å². The third-order valence-electron chi connectivity index (χ3n) is 3.57. The van der Waals surface area contributed by atoms with E-state index in [1.165, 1.54) is 18.4 Å². The summed E-state index contributed by atoms with van der Waals surface area (Å²) in [5, 5.41) is 3.60. The Labute approximate surface area is 109 Å². The smallest absolute Gasteiger partial charge is 0.123 e. The van der Waals surface area contributed by atoms with Crippen molar-refractivity contribution in [1.82, 2.24) is 5.32 Å². The monoisotopic (exact) mass is 249 g/mol. The minimum absolute atomic E-state index is 0.435. The van der Waals surface area contributed by atoms with Crippen LogP contribution in [0.3, 0.4) is 0 Å². The number of para-hydroxylation sites is 1. The van der Waals surface area contributed by atoms with E-state index >= 15 is 0 Å². The lowest BCUT2D eigenvalue weighted by Crippen LogP contribution is -2.26. The zero-order chi connectivity index (χ0) is 12.8. The zero-order valence-corrected chi connectivity index (χ0v) is 11.3. The van der Waals surface area contributed by atoms with E-state index in [0.29, 0.717) is 18.8 Å². The van der Waals surface area contributed by atoms with Gasteiger partial charge in [0.15, 0.2) is 0 Å². The van der Waals surface area contributed by atoms with Gasteiger partial charge in [-0.1, -0.05) is 18.2 Å². The number of methoxy groups -OCH3 is 1. The highest BCUT2D eigenvalue weighted by atomic mass is 16.5. The Kier molecular flexibility index (Phi) is 5.02. The normalized spacial score (nSPS) is 23.2. The highest BCUT2D eigenvalue weighted by Crippen LogP contribution is 2.23. The van der Waals surface area contributed by atoms with Crippen molar-refractivity contribution in [2.45, 2.75) is 44.9 Å². The molecule has 0 spiro atoms. The fourth-order valence-electron chi connectivity index (χ4n) is 2.54. The average molecular weight is 249 g/mol. The van der Waals surface area contributed by atoms with Crippen LogP contribution in [0.4, 0.5) is 0 Å². The van der Waals surface area contributed by atoms with Crippen molar-refractivity contribution in [3.63, 3.8) is 0 Å². The van der Waals surface area contributed by atoms with E-state index < -0.39 is 0 Å². The minimum Gasteiger partial charge on any atom is -0.494 e. The summed E-state index contributed by atoms with van der Waals surface area (Å²) in [6.45, 7) is 3.60. The molecule has 0 bridgehead atoms. The van der Waals surface area contributed by atoms with Gasteiger partial charge in [-0.2, -0.15) is 0 Å². The summed E-state index contributed by atoms with van der Waals surface area (Å²) in [6.07, 6.45) is 3.92. The lowest BCUT2D eigenvalue weighted by molar-refractivity contribution is 0.107. The van der Waals surface area contributed by atoms with Gasteiger partial charge in [0.05, 0.1) is 12.7 Å². The number of hydrogen-bond donors (Lipinski definition) is 1. The van der Waals surface area contributed by atoms with Crippen LogP contribution in [0.15, 0.2) is 24.3 Å². The van der Waals surface area contributed by atoms with Crippen molar-refractivity contribution in [3.8, 4) is 5.75 Å². The summed E-state index contributed by atoms with van der Waals surface area (Å²) >= 11 is 0. The summed E-state index contributed by atoms with van der Waals surface area (Å²) in [5.41, 5.74) is 1.24. The van der Waals surface area contributed by atoms with Gasteiger partial charge in [0.1, 0.15) is 5.75 Å². The lowest BCUT2D eigenvalue weighted by atomic mass is 10.1. The maximum absolute atomic E-state index is 5.63. The van der Waals surface area contributed by atoms with Crippen molar-refractivity contribution in [1.29, 1.82) is 0 Å². The van der Waals surface area contributed by atoms with Crippen LogP contribution in [0.1, 0.15) is 31.7 Å². The largest absolute Gasteiger partial charge is 0.494 e. The second kappa shape index (κ2) is 6.76. The lowest BCUT2D eigenvalue weighted by Gasteiger charge is -2.15. The van der Waals surface area contributed by atoms with E-state index in [0.717, 1.165) is 18.7 Å². The van der Waals surface area contributed by atoms with Gasteiger partial charge in [-0.05, 0) is 32.3 Å². The van der Waals surface area contributed by atoms with Gasteiger partial charge in [-0.25, -0.2) is 0 Å². The number of ether oxygens (including phenoxy) is 2. The van der Waals surface area contributed by atoms with E-state index in [9.17, 15) is 0 Å². The standard InChI is InChI=1S/C15H23NO2/c1-3-18-15-7-5-4-6-12(15)11-16-13-8-9-14(10-13)17-2/h4-7,13-14,16H,3,8-11H2,1-2H3. The van der Waals surface area contributed by atoms with Gasteiger partial charge in [0, 0.05) is 25.3 Å². The van der Waals surface area contributed by atoms with E-state index in [-0.39, 0.29) is 0 Å². The van der Waals surface area contributed by atoms with Crippen LogP contribution in [0.2, 0.25) is 0 Å². The molecule has 100 valence electrons. The predicted molar refractivity (Wildman–Crippen MR) is 72.9 cm³/mol.